The average molecular weight is 374 g/mol. The summed E-state index contributed by atoms with van der Waals surface area (Å²) in [5.41, 5.74) is 1.95. The second-order valence-corrected chi connectivity index (χ2v) is 6.33. The molecule has 0 radical (unpaired) electrons. The van der Waals surface area contributed by atoms with E-state index in [1.807, 2.05) is 18.4 Å². The molecule has 0 spiro atoms. The maximum absolute atomic E-state index is 13.0. The molecule has 2 aromatic rings. The van der Waals surface area contributed by atoms with Gasteiger partial charge in [-0.2, -0.15) is 11.8 Å². The summed E-state index contributed by atoms with van der Waals surface area (Å²) < 4.78 is 13.7. The first-order valence-electron chi connectivity index (χ1n) is 5.80. The van der Waals surface area contributed by atoms with Crippen molar-refractivity contribution in [2.45, 2.75) is 5.75 Å². The third kappa shape index (κ3) is 3.43. The minimum absolute atomic E-state index is 0.120. The normalized spacial score (nSPS) is 10.6. The van der Waals surface area contributed by atoms with Gasteiger partial charge in [-0.3, -0.25) is 4.79 Å². The van der Waals surface area contributed by atoms with E-state index in [0.717, 1.165) is 21.9 Å². The maximum atomic E-state index is 13.0. The van der Waals surface area contributed by atoms with Crippen LogP contribution in [0.25, 0.3) is 0 Å². The topological polar surface area (TPSA) is 17.1 Å². The molecule has 1 nitrogen and oxygen atoms in total. The predicted molar refractivity (Wildman–Crippen MR) is 86.2 cm³/mol. The molecule has 0 unspecified atom stereocenters. The van der Waals surface area contributed by atoms with E-state index in [9.17, 15) is 9.18 Å². The Morgan fingerprint density at radius 2 is 1.95 bits per heavy atom. The first-order chi connectivity index (χ1) is 9.52. The van der Waals surface area contributed by atoms with Crippen molar-refractivity contribution >= 4 is 45.1 Å². The van der Waals surface area contributed by atoms with Gasteiger partial charge >= 0.3 is 0 Å². The highest BCUT2D eigenvalue weighted by Gasteiger charge is 2.16. The fourth-order valence-electron chi connectivity index (χ4n) is 1.82. The molecule has 0 saturated carbocycles. The van der Waals surface area contributed by atoms with E-state index in [1.165, 1.54) is 12.1 Å². The number of thioether (sulfide) groups is 1. The molecule has 0 aliphatic rings. The van der Waals surface area contributed by atoms with Crippen molar-refractivity contribution in [3.05, 3.63) is 68.4 Å². The van der Waals surface area contributed by atoms with E-state index in [-0.39, 0.29) is 10.8 Å². The summed E-state index contributed by atoms with van der Waals surface area (Å²) in [6.07, 6.45) is 2.02. The highest BCUT2D eigenvalue weighted by Crippen LogP contribution is 2.26. The molecule has 0 aromatic heterocycles. The van der Waals surface area contributed by atoms with Crippen LogP contribution in [0.2, 0.25) is 5.02 Å². The molecular weight excluding hydrogens is 363 g/mol. The highest BCUT2D eigenvalue weighted by molar-refractivity contribution is 9.10. The van der Waals surface area contributed by atoms with Gasteiger partial charge in [0.1, 0.15) is 5.82 Å². The Hall–Kier alpha value is -0.840. The number of halogens is 3. The zero-order valence-corrected chi connectivity index (χ0v) is 13.8. The summed E-state index contributed by atoms with van der Waals surface area (Å²) in [7, 11) is 0. The number of hydrogen-bond acceptors (Lipinski definition) is 2. The summed E-state index contributed by atoms with van der Waals surface area (Å²) in [6, 6.07) is 9.37. The van der Waals surface area contributed by atoms with Crippen LogP contribution in [-0.4, -0.2) is 12.0 Å². The Morgan fingerprint density at radius 1 is 1.25 bits per heavy atom. The van der Waals surface area contributed by atoms with Crippen LogP contribution in [0.5, 0.6) is 0 Å². The third-order valence-corrected chi connectivity index (χ3v) is 4.36. The standard InChI is InChI=1S/C15H11BrClFOS/c1-20-8-9-2-4-11(13(16)6-9)15(19)12-5-3-10(18)7-14(12)17/h2-7H,8H2,1H3. The number of carbonyl (C=O) groups excluding carboxylic acids is 1. The van der Waals surface area contributed by atoms with Crippen LogP contribution in [0, 0.1) is 5.82 Å². The van der Waals surface area contributed by atoms with Gasteiger partial charge in [0.05, 0.1) is 5.02 Å². The van der Waals surface area contributed by atoms with E-state index in [2.05, 4.69) is 15.9 Å². The van der Waals surface area contributed by atoms with Crippen LogP contribution in [0.1, 0.15) is 21.5 Å². The maximum Gasteiger partial charge on any atom is 0.195 e. The Morgan fingerprint density at radius 3 is 2.55 bits per heavy atom. The quantitative estimate of drug-likeness (QED) is 0.673. The molecule has 0 aliphatic carbocycles. The molecule has 2 aromatic carbocycles. The Balaban J connectivity index is 2.38. The van der Waals surface area contributed by atoms with Crippen LogP contribution in [0.4, 0.5) is 4.39 Å². The first-order valence-corrected chi connectivity index (χ1v) is 8.36. The van der Waals surface area contributed by atoms with E-state index >= 15 is 0 Å². The molecule has 0 aliphatic heterocycles. The van der Waals surface area contributed by atoms with Crippen molar-refractivity contribution in [1.82, 2.24) is 0 Å². The van der Waals surface area contributed by atoms with Gasteiger partial charge < -0.3 is 0 Å². The molecule has 0 heterocycles. The first kappa shape index (κ1) is 15.5. The molecule has 104 valence electrons. The second-order valence-electron chi connectivity index (χ2n) is 4.20. The zero-order valence-electron chi connectivity index (χ0n) is 10.6. The molecule has 0 saturated heterocycles. The van der Waals surface area contributed by atoms with Gasteiger partial charge in [-0.05, 0) is 42.2 Å². The number of rotatable bonds is 4. The predicted octanol–water partition coefficient (Wildman–Crippen LogP) is 5.34. The van der Waals surface area contributed by atoms with Gasteiger partial charge in [0.2, 0.25) is 0 Å². The molecule has 0 bridgehead atoms. The average Bonchev–Trinajstić information content (AvgIpc) is 2.38. The number of benzene rings is 2. The molecule has 0 atom stereocenters. The van der Waals surface area contributed by atoms with Gasteiger partial charge in [-0.15, -0.1) is 0 Å². The summed E-state index contributed by atoms with van der Waals surface area (Å²) in [5, 5.41) is 0.120. The largest absolute Gasteiger partial charge is 0.289 e. The molecule has 2 rings (SSSR count). The van der Waals surface area contributed by atoms with Crippen molar-refractivity contribution in [3.63, 3.8) is 0 Å². The molecule has 0 fully saturated rings. The molecule has 5 heteroatoms. The molecule has 0 N–H and O–H groups in total. The summed E-state index contributed by atoms with van der Waals surface area (Å²) in [4.78, 5) is 12.4. The van der Waals surface area contributed by atoms with Crippen molar-refractivity contribution in [2.75, 3.05) is 6.26 Å². The van der Waals surface area contributed by atoms with Gasteiger partial charge in [0.25, 0.3) is 0 Å². The Kier molecular flexibility index (Phi) is 5.24. The van der Waals surface area contributed by atoms with E-state index in [0.29, 0.717) is 11.1 Å². The van der Waals surface area contributed by atoms with E-state index in [1.54, 1.807) is 17.8 Å². The minimum atomic E-state index is -0.457. The lowest BCUT2D eigenvalue weighted by atomic mass is 10.0. The van der Waals surface area contributed by atoms with Crippen LogP contribution in [-0.2, 0) is 5.75 Å². The fraction of sp³-hybridized carbons (Fsp3) is 0.133. The van der Waals surface area contributed by atoms with Gasteiger partial charge in [-0.1, -0.05) is 33.6 Å². The van der Waals surface area contributed by atoms with Crippen LogP contribution >= 0.6 is 39.3 Å². The van der Waals surface area contributed by atoms with Crippen LogP contribution in [0.15, 0.2) is 40.9 Å². The van der Waals surface area contributed by atoms with Crippen LogP contribution < -0.4 is 0 Å². The van der Waals surface area contributed by atoms with Crippen molar-refractivity contribution in [1.29, 1.82) is 0 Å². The number of carbonyl (C=O) groups is 1. The number of hydrogen-bond donors (Lipinski definition) is 0. The van der Waals surface area contributed by atoms with Crippen molar-refractivity contribution in [2.24, 2.45) is 0 Å². The summed E-state index contributed by atoms with van der Waals surface area (Å²) in [6.45, 7) is 0. The summed E-state index contributed by atoms with van der Waals surface area (Å²) in [5.74, 6) is 0.197. The zero-order chi connectivity index (χ0) is 14.7. The lowest BCUT2D eigenvalue weighted by molar-refractivity contribution is 0.103. The van der Waals surface area contributed by atoms with Crippen LogP contribution in [0.3, 0.4) is 0 Å². The smallest absolute Gasteiger partial charge is 0.195 e. The Bertz CT molecular complexity index is 660. The van der Waals surface area contributed by atoms with E-state index < -0.39 is 5.82 Å². The van der Waals surface area contributed by atoms with E-state index in [4.69, 9.17) is 11.6 Å². The lowest BCUT2D eigenvalue weighted by Crippen LogP contribution is -2.04. The lowest BCUT2D eigenvalue weighted by Gasteiger charge is -2.08. The van der Waals surface area contributed by atoms with Gasteiger partial charge in [0.15, 0.2) is 5.78 Å². The van der Waals surface area contributed by atoms with Gasteiger partial charge in [0, 0.05) is 21.4 Å². The summed E-state index contributed by atoms with van der Waals surface area (Å²) >= 11 is 11.0. The Labute approximate surface area is 134 Å². The third-order valence-electron chi connectivity index (χ3n) is 2.76. The van der Waals surface area contributed by atoms with Crippen molar-refractivity contribution < 1.29 is 9.18 Å². The van der Waals surface area contributed by atoms with Gasteiger partial charge in [-0.25, -0.2) is 4.39 Å². The minimum Gasteiger partial charge on any atom is -0.289 e. The molecule has 20 heavy (non-hydrogen) atoms. The SMILES string of the molecule is CSCc1ccc(C(=O)c2ccc(F)cc2Cl)c(Br)c1. The molecular formula is C15H11BrClFOS. The highest BCUT2D eigenvalue weighted by atomic mass is 79.9. The monoisotopic (exact) mass is 372 g/mol. The fourth-order valence-corrected chi connectivity index (χ4v) is 3.19. The van der Waals surface area contributed by atoms with Crippen molar-refractivity contribution in [3.8, 4) is 0 Å². The number of ketones is 1. The molecule has 0 amide bonds. The second kappa shape index (κ2) is 6.74.